The summed E-state index contributed by atoms with van der Waals surface area (Å²) in [5.41, 5.74) is 4.35. The molecule has 0 saturated carbocycles. The lowest BCUT2D eigenvalue weighted by Gasteiger charge is -2.23. The van der Waals surface area contributed by atoms with E-state index in [0.717, 1.165) is 24.0 Å². The van der Waals surface area contributed by atoms with Crippen LogP contribution in [0.2, 0.25) is 0 Å². The number of anilines is 3. The average Bonchev–Trinajstić information content (AvgIpc) is 3.33. The van der Waals surface area contributed by atoms with E-state index in [2.05, 4.69) is 10.6 Å². The van der Waals surface area contributed by atoms with Crippen LogP contribution in [0.1, 0.15) is 28.8 Å². The van der Waals surface area contributed by atoms with E-state index in [1.165, 1.54) is 13.2 Å². The minimum Gasteiger partial charge on any atom is -0.490 e. The van der Waals surface area contributed by atoms with Crippen molar-refractivity contribution < 1.29 is 24.4 Å². The minimum atomic E-state index is -0.500. The van der Waals surface area contributed by atoms with E-state index < -0.39 is 4.92 Å². The summed E-state index contributed by atoms with van der Waals surface area (Å²) in [7, 11) is 1.38. The highest BCUT2D eigenvalue weighted by Gasteiger charge is 2.28. The molecule has 3 aromatic carbocycles. The number of hydrogen-bond acceptors (Lipinski definition) is 7. The molecular formula is C27H26N4O6. The van der Waals surface area contributed by atoms with E-state index in [1.54, 1.807) is 35.2 Å². The van der Waals surface area contributed by atoms with Gasteiger partial charge < -0.3 is 25.4 Å². The molecule has 0 aliphatic carbocycles. The molecule has 2 aliphatic heterocycles. The van der Waals surface area contributed by atoms with Gasteiger partial charge in [0.25, 0.3) is 5.91 Å². The number of nitro benzene ring substituents is 1. The number of carbonyl (C=O) groups is 2. The number of likely N-dealkylation sites (tertiary alicyclic amines) is 1. The zero-order valence-corrected chi connectivity index (χ0v) is 20.2. The van der Waals surface area contributed by atoms with Crippen LogP contribution in [0.15, 0.2) is 54.6 Å². The molecular weight excluding hydrogens is 476 g/mol. The molecule has 10 heteroatoms. The third-order valence-electron chi connectivity index (χ3n) is 6.84. The zero-order chi connectivity index (χ0) is 26.1. The Labute approximate surface area is 213 Å². The number of hydrogen-bond donors (Lipinski definition) is 3. The highest BCUT2D eigenvalue weighted by atomic mass is 16.6. The summed E-state index contributed by atoms with van der Waals surface area (Å²) in [6.07, 6.45) is 1.87. The first-order chi connectivity index (χ1) is 17.9. The first kappa shape index (κ1) is 24.3. The van der Waals surface area contributed by atoms with Gasteiger partial charge in [0.05, 0.1) is 53.7 Å². The fraction of sp³-hybridized carbons (Fsp3) is 0.259. The maximum absolute atomic E-state index is 13.0. The molecule has 0 aromatic heterocycles. The van der Waals surface area contributed by atoms with Crippen LogP contribution in [0.25, 0.3) is 11.1 Å². The Kier molecular flexibility index (Phi) is 6.49. The normalized spacial score (nSPS) is 16.2. The van der Waals surface area contributed by atoms with E-state index in [1.807, 2.05) is 18.2 Å². The number of carbonyl (C=O) groups excluding carboxylic acids is 2. The van der Waals surface area contributed by atoms with Crippen LogP contribution in [0.3, 0.4) is 0 Å². The van der Waals surface area contributed by atoms with Gasteiger partial charge in [0.1, 0.15) is 0 Å². The fourth-order valence-electron chi connectivity index (χ4n) is 4.91. The van der Waals surface area contributed by atoms with Crippen LogP contribution >= 0.6 is 0 Å². The van der Waals surface area contributed by atoms with Gasteiger partial charge in [-0.3, -0.25) is 19.7 Å². The Morgan fingerprint density at radius 2 is 1.86 bits per heavy atom. The molecule has 0 bridgehead atoms. The van der Waals surface area contributed by atoms with E-state index in [4.69, 9.17) is 4.74 Å². The van der Waals surface area contributed by atoms with Crippen molar-refractivity contribution >= 4 is 34.6 Å². The van der Waals surface area contributed by atoms with Crippen molar-refractivity contribution in [3.8, 4) is 16.9 Å². The molecule has 1 atom stereocenters. The summed E-state index contributed by atoms with van der Waals surface area (Å²) in [6.45, 7) is 0.606. The quantitative estimate of drug-likeness (QED) is 0.341. The van der Waals surface area contributed by atoms with Crippen LogP contribution in [0, 0.1) is 10.1 Å². The third-order valence-corrected chi connectivity index (χ3v) is 6.84. The number of benzene rings is 3. The average molecular weight is 503 g/mol. The first-order valence-corrected chi connectivity index (χ1v) is 12.0. The summed E-state index contributed by atoms with van der Waals surface area (Å²) < 4.78 is 5.19. The number of rotatable bonds is 6. The van der Waals surface area contributed by atoms with Gasteiger partial charge in [-0.2, -0.15) is 0 Å². The Morgan fingerprint density at radius 1 is 1.08 bits per heavy atom. The molecule has 0 radical (unpaired) electrons. The molecule has 190 valence electrons. The van der Waals surface area contributed by atoms with Crippen molar-refractivity contribution in [1.29, 1.82) is 0 Å². The fourth-order valence-corrected chi connectivity index (χ4v) is 4.91. The van der Waals surface area contributed by atoms with Crippen molar-refractivity contribution in [2.75, 3.05) is 30.9 Å². The van der Waals surface area contributed by atoms with Gasteiger partial charge >= 0.3 is 5.69 Å². The van der Waals surface area contributed by atoms with Crippen LogP contribution in [-0.4, -0.2) is 53.0 Å². The van der Waals surface area contributed by atoms with Gasteiger partial charge in [-0.25, -0.2) is 0 Å². The zero-order valence-electron chi connectivity index (χ0n) is 20.2. The lowest BCUT2D eigenvalue weighted by molar-refractivity contribution is -0.385. The number of nitrogens with one attached hydrogen (secondary N) is 2. The predicted octanol–water partition coefficient (Wildman–Crippen LogP) is 4.11. The molecule has 3 aromatic rings. The van der Waals surface area contributed by atoms with E-state index in [9.17, 15) is 24.8 Å². The number of ether oxygens (including phenoxy) is 1. The molecule has 0 unspecified atom stereocenters. The summed E-state index contributed by atoms with van der Waals surface area (Å²) in [6, 6.07) is 15.2. The number of nitrogens with zero attached hydrogens (tertiary/aromatic N) is 2. The largest absolute Gasteiger partial charge is 0.490 e. The van der Waals surface area contributed by atoms with Crippen LogP contribution in [0.5, 0.6) is 5.75 Å². The maximum Gasteiger partial charge on any atom is 0.310 e. The first-order valence-electron chi connectivity index (χ1n) is 12.0. The Hall–Kier alpha value is -4.44. The van der Waals surface area contributed by atoms with Crippen molar-refractivity contribution in [1.82, 2.24) is 4.90 Å². The molecule has 10 nitrogen and oxygen atoms in total. The lowest BCUT2D eigenvalue weighted by Crippen LogP contribution is -2.38. The molecule has 0 spiro atoms. The smallest absolute Gasteiger partial charge is 0.310 e. The van der Waals surface area contributed by atoms with Gasteiger partial charge in [-0.05, 0) is 65.9 Å². The monoisotopic (exact) mass is 502 g/mol. The van der Waals surface area contributed by atoms with Gasteiger partial charge in [-0.1, -0.05) is 12.1 Å². The second-order valence-electron chi connectivity index (χ2n) is 9.11. The Bertz CT molecular complexity index is 1410. The molecule has 1 fully saturated rings. The predicted molar refractivity (Wildman–Crippen MR) is 138 cm³/mol. The Morgan fingerprint density at radius 3 is 2.62 bits per heavy atom. The van der Waals surface area contributed by atoms with Crippen LogP contribution < -0.4 is 15.4 Å². The van der Waals surface area contributed by atoms with E-state index in [-0.39, 0.29) is 42.3 Å². The van der Waals surface area contributed by atoms with Crippen molar-refractivity contribution in [3.05, 3.63) is 75.8 Å². The summed E-state index contributed by atoms with van der Waals surface area (Å²) >= 11 is 0. The summed E-state index contributed by atoms with van der Waals surface area (Å²) in [5.74, 6) is -0.192. The standard InChI is InChI=1S/C27H26N4O6/c1-37-25-14-18(6-9-24(25)31(35)36)17-5-7-20-22(13-17)28-21-8-4-16(11-23(21)29-27(20)34)12-26(33)30-10-2-3-19(30)15-32/h4-9,11,13-14,19,28,32H,2-3,10,12,15H2,1H3,(H,29,34)/t19-/m0/s1. The van der Waals surface area contributed by atoms with Crippen LogP contribution in [-0.2, 0) is 11.2 Å². The number of aliphatic hydroxyl groups is 1. The molecule has 37 heavy (non-hydrogen) atoms. The Balaban J connectivity index is 1.41. The molecule has 2 heterocycles. The molecule has 2 amide bonds. The SMILES string of the molecule is COc1cc(-c2ccc3c(c2)Nc2ccc(CC(=O)N4CCC[C@H]4CO)cc2NC3=O)ccc1[N+](=O)[O-]. The van der Waals surface area contributed by atoms with Gasteiger partial charge in [0.15, 0.2) is 5.75 Å². The highest BCUT2D eigenvalue weighted by molar-refractivity contribution is 6.12. The second-order valence-corrected chi connectivity index (χ2v) is 9.11. The third kappa shape index (κ3) is 4.70. The topological polar surface area (TPSA) is 134 Å². The van der Waals surface area contributed by atoms with Crippen molar-refractivity contribution in [2.24, 2.45) is 0 Å². The number of aliphatic hydroxyl groups excluding tert-OH is 1. The molecule has 2 aliphatic rings. The molecule has 3 N–H and O–H groups in total. The number of fused-ring (bicyclic) bond motifs is 2. The molecule has 5 rings (SSSR count). The number of amides is 2. The van der Waals surface area contributed by atoms with E-state index >= 15 is 0 Å². The van der Waals surface area contributed by atoms with Gasteiger partial charge in [-0.15, -0.1) is 0 Å². The maximum atomic E-state index is 13.0. The lowest BCUT2D eigenvalue weighted by atomic mass is 10.0. The van der Waals surface area contributed by atoms with Crippen molar-refractivity contribution in [3.63, 3.8) is 0 Å². The second kappa shape index (κ2) is 9.90. The summed E-state index contributed by atoms with van der Waals surface area (Å²) in [5, 5.41) is 27.0. The van der Waals surface area contributed by atoms with E-state index in [0.29, 0.717) is 34.7 Å². The number of nitro groups is 1. The van der Waals surface area contributed by atoms with Gasteiger partial charge in [0, 0.05) is 12.6 Å². The van der Waals surface area contributed by atoms with Gasteiger partial charge in [0.2, 0.25) is 5.91 Å². The molecule has 1 saturated heterocycles. The van der Waals surface area contributed by atoms with Crippen LogP contribution in [0.4, 0.5) is 22.7 Å². The summed E-state index contributed by atoms with van der Waals surface area (Å²) in [4.78, 5) is 38.3. The van der Waals surface area contributed by atoms with Crippen molar-refractivity contribution in [2.45, 2.75) is 25.3 Å². The number of methoxy groups -OCH3 is 1. The highest BCUT2D eigenvalue weighted by Crippen LogP contribution is 2.37. The minimum absolute atomic E-state index is 0.0389.